The Morgan fingerprint density at radius 3 is 2.47 bits per heavy atom. The molecule has 10 heteroatoms. The van der Waals surface area contributed by atoms with E-state index in [0.29, 0.717) is 5.13 Å². The molecule has 88 valence electrons. The zero-order valence-electron chi connectivity index (χ0n) is 7.89. The molecule has 2 heterocycles. The van der Waals surface area contributed by atoms with Gasteiger partial charge in [-0.2, -0.15) is 15.0 Å². The first-order chi connectivity index (χ1) is 8.04. The van der Waals surface area contributed by atoms with Gasteiger partial charge in [0, 0.05) is 0 Å². The molecule has 0 aliphatic heterocycles. The zero-order chi connectivity index (χ0) is 12.4. The number of thiazole rings is 1. The van der Waals surface area contributed by atoms with Crippen molar-refractivity contribution in [3.63, 3.8) is 0 Å². The van der Waals surface area contributed by atoms with Gasteiger partial charge in [-0.15, -0.1) is 0 Å². The van der Waals surface area contributed by atoms with Gasteiger partial charge < -0.3 is 5.11 Å². The van der Waals surface area contributed by atoms with Crippen LogP contribution in [0.5, 0.6) is 0 Å². The van der Waals surface area contributed by atoms with Gasteiger partial charge in [0.25, 0.3) is 0 Å². The fourth-order valence-electron chi connectivity index (χ4n) is 0.908. The number of rotatable bonds is 3. The number of carbonyl (C=O) groups is 1. The lowest BCUT2D eigenvalue weighted by Gasteiger charge is -2.00. The molecule has 2 aromatic rings. The van der Waals surface area contributed by atoms with Crippen LogP contribution in [0.4, 0.5) is 11.1 Å². The van der Waals surface area contributed by atoms with Crippen LogP contribution < -0.4 is 5.32 Å². The summed E-state index contributed by atoms with van der Waals surface area (Å²) < 4.78 is 0. The molecule has 2 rings (SSSR count). The number of carboxylic acid groups (broad SMARTS) is 1. The molecule has 0 bridgehead atoms. The lowest BCUT2D eigenvalue weighted by molar-refractivity contribution is 0.0702. The van der Waals surface area contributed by atoms with Crippen LogP contribution in [0, 0.1) is 0 Å². The maximum absolute atomic E-state index is 10.6. The molecule has 0 amide bonds. The first-order valence-corrected chi connectivity index (χ1v) is 5.65. The van der Waals surface area contributed by atoms with Gasteiger partial charge in [0.1, 0.15) is 4.88 Å². The number of halogens is 2. The van der Waals surface area contributed by atoms with E-state index >= 15 is 0 Å². The number of hydrogen-bond acceptors (Lipinski definition) is 7. The third kappa shape index (κ3) is 2.99. The largest absolute Gasteiger partial charge is 0.477 e. The van der Waals surface area contributed by atoms with Crippen LogP contribution in [-0.4, -0.2) is 31.0 Å². The maximum Gasteiger partial charge on any atom is 0.347 e. The second-order valence-electron chi connectivity index (χ2n) is 2.66. The lowest BCUT2D eigenvalue weighted by Crippen LogP contribution is -1.98. The number of hydrogen-bond donors (Lipinski definition) is 2. The molecule has 0 saturated heterocycles. The van der Waals surface area contributed by atoms with Crippen molar-refractivity contribution in [1.82, 2.24) is 19.9 Å². The quantitative estimate of drug-likeness (QED) is 0.892. The van der Waals surface area contributed by atoms with E-state index < -0.39 is 5.97 Å². The van der Waals surface area contributed by atoms with Crippen molar-refractivity contribution >= 4 is 51.6 Å². The number of carboxylic acids is 1. The van der Waals surface area contributed by atoms with Gasteiger partial charge in [0.15, 0.2) is 5.13 Å². The molecule has 17 heavy (non-hydrogen) atoms. The molecule has 7 nitrogen and oxygen atoms in total. The van der Waals surface area contributed by atoms with Crippen LogP contribution in [0.1, 0.15) is 9.67 Å². The molecule has 0 atom stereocenters. The van der Waals surface area contributed by atoms with Gasteiger partial charge in [0.05, 0.1) is 6.20 Å². The monoisotopic (exact) mass is 291 g/mol. The normalized spacial score (nSPS) is 10.2. The third-order valence-corrected chi connectivity index (χ3v) is 2.75. The van der Waals surface area contributed by atoms with E-state index in [9.17, 15) is 4.79 Å². The summed E-state index contributed by atoms with van der Waals surface area (Å²) in [6, 6.07) is 0. The van der Waals surface area contributed by atoms with Crippen molar-refractivity contribution in [2.24, 2.45) is 0 Å². The summed E-state index contributed by atoms with van der Waals surface area (Å²) in [5, 5.41) is 11.6. The molecule has 2 aromatic heterocycles. The average molecular weight is 292 g/mol. The van der Waals surface area contributed by atoms with E-state index in [1.54, 1.807) is 0 Å². The molecule has 0 aromatic carbocycles. The van der Waals surface area contributed by atoms with Gasteiger partial charge in [-0.05, 0) is 23.2 Å². The Morgan fingerprint density at radius 2 is 1.94 bits per heavy atom. The van der Waals surface area contributed by atoms with E-state index in [-0.39, 0.29) is 21.4 Å². The van der Waals surface area contributed by atoms with Crippen molar-refractivity contribution < 1.29 is 9.90 Å². The van der Waals surface area contributed by atoms with Crippen molar-refractivity contribution in [2.75, 3.05) is 5.32 Å². The highest BCUT2D eigenvalue weighted by molar-refractivity contribution is 7.17. The van der Waals surface area contributed by atoms with Gasteiger partial charge in [-0.3, -0.25) is 5.32 Å². The molecule has 0 aliphatic carbocycles. The van der Waals surface area contributed by atoms with E-state index in [1.807, 2.05) is 0 Å². The minimum atomic E-state index is -1.05. The summed E-state index contributed by atoms with van der Waals surface area (Å²) in [6.07, 6.45) is 1.22. The molecule has 0 radical (unpaired) electrons. The number of nitrogens with zero attached hydrogens (tertiary/aromatic N) is 4. The summed E-state index contributed by atoms with van der Waals surface area (Å²) in [4.78, 5) is 25.6. The smallest absolute Gasteiger partial charge is 0.347 e. The average Bonchev–Trinajstić information content (AvgIpc) is 2.64. The second kappa shape index (κ2) is 4.78. The van der Waals surface area contributed by atoms with E-state index in [2.05, 4.69) is 25.3 Å². The minimum absolute atomic E-state index is 0.0671. The topological polar surface area (TPSA) is 101 Å². The van der Waals surface area contributed by atoms with Crippen molar-refractivity contribution in [3.8, 4) is 0 Å². The summed E-state index contributed by atoms with van der Waals surface area (Å²) in [5.74, 6) is -0.955. The van der Waals surface area contributed by atoms with Gasteiger partial charge >= 0.3 is 5.97 Å². The van der Waals surface area contributed by atoms with Crippen LogP contribution in [0.15, 0.2) is 6.20 Å². The molecule has 0 saturated carbocycles. The third-order valence-electron chi connectivity index (χ3n) is 1.52. The van der Waals surface area contributed by atoms with Gasteiger partial charge in [0.2, 0.25) is 16.5 Å². The van der Waals surface area contributed by atoms with Crippen LogP contribution in [0.2, 0.25) is 10.6 Å². The van der Waals surface area contributed by atoms with E-state index in [0.717, 1.165) is 11.3 Å². The Labute approximate surface area is 108 Å². The summed E-state index contributed by atoms with van der Waals surface area (Å²) in [7, 11) is 0. The maximum atomic E-state index is 10.6. The fourth-order valence-corrected chi connectivity index (χ4v) is 1.92. The first-order valence-electron chi connectivity index (χ1n) is 4.08. The highest BCUT2D eigenvalue weighted by atomic mass is 35.5. The SMILES string of the molecule is O=C(O)c1cnc(Nc2nc(Cl)nc(Cl)n2)s1. The molecule has 2 N–H and O–H groups in total. The van der Waals surface area contributed by atoms with Crippen molar-refractivity contribution in [3.05, 3.63) is 21.6 Å². The van der Waals surface area contributed by atoms with Gasteiger partial charge in [-0.25, -0.2) is 9.78 Å². The lowest BCUT2D eigenvalue weighted by atomic mass is 10.6. The second-order valence-corrected chi connectivity index (χ2v) is 4.36. The van der Waals surface area contributed by atoms with Crippen LogP contribution in [0.3, 0.4) is 0 Å². The number of aromatic nitrogens is 4. The number of anilines is 2. The Morgan fingerprint density at radius 1 is 1.29 bits per heavy atom. The summed E-state index contributed by atoms with van der Waals surface area (Å²) >= 11 is 12.1. The predicted octanol–water partition coefficient (Wildman–Crippen LogP) is 2.08. The van der Waals surface area contributed by atoms with Crippen LogP contribution >= 0.6 is 34.5 Å². The molecular formula is C7H3Cl2N5O2S. The highest BCUT2D eigenvalue weighted by Gasteiger charge is 2.10. The minimum Gasteiger partial charge on any atom is -0.477 e. The molecule has 0 aliphatic rings. The van der Waals surface area contributed by atoms with Crippen molar-refractivity contribution in [1.29, 1.82) is 0 Å². The van der Waals surface area contributed by atoms with Crippen LogP contribution in [-0.2, 0) is 0 Å². The Kier molecular flexibility index (Phi) is 3.36. The summed E-state index contributed by atoms with van der Waals surface area (Å²) in [5.41, 5.74) is 0. The Balaban J connectivity index is 2.22. The fraction of sp³-hybridized carbons (Fsp3) is 0. The number of aromatic carboxylic acids is 1. The number of nitrogens with one attached hydrogen (secondary N) is 1. The molecular weight excluding hydrogens is 289 g/mol. The molecule has 0 spiro atoms. The van der Waals surface area contributed by atoms with Crippen LogP contribution in [0.25, 0.3) is 0 Å². The first kappa shape index (κ1) is 12.0. The standard InChI is InChI=1S/C7H3Cl2N5O2S/c8-4-11-5(9)13-6(12-4)14-7-10-1-2(17-7)3(15)16/h1H,(H,15,16)(H,10,11,12,13,14). The van der Waals surface area contributed by atoms with E-state index in [1.165, 1.54) is 6.20 Å². The molecule has 0 unspecified atom stereocenters. The zero-order valence-corrected chi connectivity index (χ0v) is 10.2. The predicted molar refractivity (Wildman–Crippen MR) is 62.2 cm³/mol. The highest BCUT2D eigenvalue weighted by Crippen LogP contribution is 2.21. The van der Waals surface area contributed by atoms with Gasteiger partial charge in [-0.1, -0.05) is 11.3 Å². The summed E-state index contributed by atoms with van der Waals surface area (Å²) in [6.45, 7) is 0. The van der Waals surface area contributed by atoms with E-state index in [4.69, 9.17) is 28.3 Å². The molecule has 0 fully saturated rings. The van der Waals surface area contributed by atoms with Crippen molar-refractivity contribution in [2.45, 2.75) is 0 Å². The Bertz CT molecular complexity index is 555. The Hall–Kier alpha value is -1.51.